The Bertz CT molecular complexity index is 479. The van der Waals surface area contributed by atoms with Gasteiger partial charge in [-0.3, -0.25) is 4.79 Å². The quantitative estimate of drug-likeness (QED) is 0.887. The van der Waals surface area contributed by atoms with Crippen LogP contribution < -0.4 is 10.1 Å². The van der Waals surface area contributed by atoms with Gasteiger partial charge in [-0.05, 0) is 43.6 Å². The Morgan fingerprint density at radius 2 is 2.35 bits per heavy atom. The van der Waals surface area contributed by atoms with Crippen molar-refractivity contribution in [2.75, 3.05) is 33.8 Å². The fraction of sp³-hybridized carbons (Fsp3) is 0.533. The highest BCUT2D eigenvalue weighted by Crippen LogP contribution is 2.20. The second kappa shape index (κ2) is 6.70. The number of nitrogens with zero attached hydrogens (tertiary/aromatic N) is 1. The molecule has 1 atom stereocenters. The number of rotatable bonds is 5. The molecule has 1 aromatic carbocycles. The van der Waals surface area contributed by atoms with Gasteiger partial charge >= 0.3 is 0 Å². The van der Waals surface area contributed by atoms with Crippen LogP contribution in [0.2, 0.25) is 0 Å². The molecule has 0 radical (unpaired) electrons. The number of amides is 1. The molecule has 1 aromatic rings. The number of methoxy groups -OCH3 is 1. The minimum atomic E-state index is -0.424. The SMILES string of the molecule is CNCC1CCN(C(=O)Cc2ccc(OC)c(F)c2)C1. The Hall–Kier alpha value is -1.62. The molecule has 0 aliphatic carbocycles. The first kappa shape index (κ1) is 14.8. The molecular weight excluding hydrogens is 259 g/mol. The van der Waals surface area contributed by atoms with Crippen LogP contribution in [0.1, 0.15) is 12.0 Å². The van der Waals surface area contributed by atoms with E-state index in [0.29, 0.717) is 11.5 Å². The third kappa shape index (κ3) is 3.48. The van der Waals surface area contributed by atoms with Crippen LogP contribution in [-0.2, 0) is 11.2 Å². The number of carbonyl (C=O) groups is 1. The summed E-state index contributed by atoms with van der Waals surface area (Å²) < 4.78 is 18.5. The fourth-order valence-corrected chi connectivity index (χ4v) is 2.62. The van der Waals surface area contributed by atoms with Crippen LogP contribution >= 0.6 is 0 Å². The lowest BCUT2D eigenvalue weighted by atomic mass is 10.1. The minimum absolute atomic E-state index is 0.0631. The molecule has 1 N–H and O–H groups in total. The molecule has 4 nitrogen and oxygen atoms in total. The van der Waals surface area contributed by atoms with E-state index in [2.05, 4.69) is 5.32 Å². The number of halogens is 1. The monoisotopic (exact) mass is 280 g/mol. The summed E-state index contributed by atoms with van der Waals surface area (Å²) in [4.78, 5) is 14.0. The van der Waals surface area contributed by atoms with Crippen LogP contribution in [0.5, 0.6) is 5.75 Å². The van der Waals surface area contributed by atoms with E-state index in [4.69, 9.17) is 4.74 Å². The molecule has 1 saturated heterocycles. The number of hydrogen-bond acceptors (Lipinski definition) is 3. The lowest BCUT2D eigenvalue weighted by Gasteiger charge is -2.16. The largest absolute Gasteiger partial charge is 0.494 e. The summed E-state index contributed by atoms with van der Waals surface area (Å²) in [6, 6.07) is 4.67. The van der Waals surface area contributed by atoms with Gasteiger partial charge in [0, 0.05) is 13.1 Å². The highest BCUT2D eigenvalue weighted by molar-refractivity contribution is 5.79. The molecule has 1 aliphatic heterocycles. The zero-order valence-electron chi connectivity index (χ0n) is 12.0. The smallest absolute Gasteiger partial charge is 0.227 e. The Balaban J connectivity index is 1.93. The minimum Gasteiger partial charge on any atom is -0.494 e. The van der Waals surface area contributed by atoms with Crippen molar-refractivity contribution in [1.29, 1.82) is 0 Å². The van der Waals surface area contributed by atoms with Gasteiger partial charge in [-0.2, -0.15) is 0 Å². The normalized spacial score (nSPS) is 18.4. The van der Waals surface area contributed by atoms with Crippen LogP contribution in [0.4, 0.5) is 4.39 Å². The van der Waals surface area contributed by atoms with Crippen LogP contribution in [0.3, 0.4) is 0 Å². The molecule has 20 heavy (non-hydrogen) atoms. The summed E-state index contributed by atoms with van der Waals surface area (Å²) in [7, 11) is 3.35. The summed E-state index contributed by atoms with van der Waals surface area (Å²) in [5.41, 5.74) is 0.686. The Morgan fingerprint density at radius 3 is 3.00 bits per heavy atom. The van der Waals surface area contributed by atoms with E-state index in [9.17, 15) is 9.18 Å². The Kier molecular flexibility index (Phi) is 4.95. The summed E-state index contributed by atoms with van der Waals surface area (Å²) in [6.07, 6.45) is 1.27. The van der Waals surface area contributed by atoms with Gasteiger partial charge in [0.2, 0.25) is 5.91 Å². The number of benzene rings is 1. The molecule has 5 heteroatoms. The number of hydrogen-bond donors (Lipinski definition) is 1. The predicted octanol–water partition coefficient (Wildman–Crippen LogP) is 1.44. The van der Waals surface area contributed by atoms with E-state index in [1.165, 1.54) is 13.2 Å². The second-order valence-corrected chi connectivity index (χ2v) is 5.20. The molecule has 1 fully saturated rings. The van der Waals surface area contributed by atoms with Gasteiger partial charge in [0.05, 0.1) is 13.5 Å². The lowest BCUT2D eigenvalue weighted by molar-refractivity contribution is -0.129. The molecule has 110 valence electrons. The maximum atomic E-state index is 13.6. The van der Waals surface area contributed by atoms with Crippen LogP contribution in [0.25, 0.3) is 0 Å². The molecule has 0 aromatic heterocycles. The van der Waals surface area contributed by atoms with E-state index in [0.717, 1.165) is 26.1 Å². The molecule has 1 aliphatic rings. The molecular formula is C15H21FN2O2. The van der Waals surface area contributed by atoms with Gasteiger partial charge in [-0.1, -0.05) is 6.07 Å². The highest BCUT2D eigenvalue weighted by Gasteiger charge is 2.25. The van der Waals surface area contributed by atoms with Crippen molar-refractivity contribution in [3.8, 4) is 5.75 Å². The van der Waals surface area contributed by atoms with Crippen LogP contribution in [0.15, 0.2) is 18.2 Å². The number of likely N-dealkylation sites (tertiary alicyclic amines) is 1. The average Bonchev–Trinajstić information content (AvgIpc) is 2.88. The van der Waals surface area contributed by atoms with Crippen molar-refractivity contribution < 1.29 is 13.9 Å². The van der Waals surface area contributed by atoms with E-state index >= 15 is 0 Å². The van der Waals surface area contributed by atoms with Gasteiger partial charge in [0.15, 0.2) is 11.6 Å². The van der Waals surface area contributed by atoms with Crippen LogP contribution in [0, 0.1) is 11.7 Å². The van der Waals surface area contributed by atoms with Crippen LogP contribution in [-0.4, -0.2) is 44.6 Å². The van der Waals surface area contributed by atoms with Crippen molar-refractivity contribution in [3.05, 3.63) is 29.6 Å². The van der Waals surface area contributed by atoms with Gasteiger partial charge in [-0.25, -0.2) is 4.39 Å². The second-order valence-electron chi connectivity index (χ2n) is 5.20. The first-order valence-electron chi connectivity index (χ1n) is 6.88. The number of nitrogens with one attached hydrogen (secondary N) is 1. The summed E-state index contributed by atoms with van der Waals surface area (Å²) >= 11 is 0. The fourth-order valence-electron chi connectivity index (χ4n) is 2.62. The summed E-state index contributed by atoms with van der Waals surface area (Å²) in [5, 5.41) is 3.14. The standard InChI is InChI=1S/C15H21FN2O2/c1-17-9-12-5-6-18(10-12)15(19)8-11-3-4-14(20-2)13(16)7-11/h3-4,7,12,17H,5-6,8-10H2,1-2H3. The molecule has 0 saturated carbocycles. The highest BCUT2D eigenvalue weighted by atomic mass is 19.1. The van der Waals surface area contributed by atoms with Gasteiger partial charge < -0.3 is 15.0 Å². The van der Waals surface area contributed by atoms with Crippen molar-refractivity contribution in [2.24, 2.45) is 5.92 Å². The van der Waals surface area contributed by atoms with Crippen molar-refractivity contribution in [3.63, 3.8) is 0 Å². The molecule has 2 rings (SSSR count). The summed E-state index contributed by atoms with van der Waals surface area (Å²) in [5.74, 6) is 0.369. The average molecular weight is 280 g/mol. The lowest BCUT2D eigenvalue weighted by Crippen LogP contribution is -2.31. The Labute approximate surface area is 118 Å². The predicted molar refractivity (Wildman–Crippen MR) is 75.3 cm³/mol. The first-order valence-corrected chi connectivity index (χ1v) is 6.88. The molecule has 0 bridgehead atoms. The van der Waals surface area contributed by atoms with Gasteiger partial charge in [-0.15, -0.1) is 0 Å². The van der Waals surface area contributed by atoms with E-state index in [-0.39, 0.29) is 18.1 Å². The van der Waals surface area contributed by atoms with Gasteiger partial charge in [0.25, 0.3) is 0 Å². The zero-order chi connectivity index (χ0) is 14.5. The third-order valence-electron chi connectivity index (χ3n) is 3.70. The van der Waals surface area contributed by atoms with E-state index in [1.807, 2.05) is 11.9 Å². The molecule has 1 unspecified atom stereocenters. The van der Waals surface area contributed by atoms with Crippen molar-refractivity contribution >= 4 is 5.91 Å². The zero-order valence-corrected chi connectivity index (χ0v) is 12.0. The molecule has 0 spiro atoms. The summed E-state index contributed by atoms with van der Waals surface area (Å²) in [6.45, 7) is 2.52. The third-order valence-corrected chi connectivity index (χ3v) is 3.70. The number of carbonyl (C=O) groups excluding carboxylic acids is 1. The van der Waals surface area contributed by atoms with E-state index < -0.39 is 5.82 Å². The number of ether oxygens (including phenoxy) is 1. The Morgan fingerprint density at radius 1 is 1.55 bits per heavy atom. The van der Waals surface area contributed by atoms with E-state index in [1.54, 1.807) is 12.1 Å². The maximum absolute atomic E-state index is 13.6. The van der Waals surface area contributed by atoms with Gasteiger partial charge in [0.1, 0.15) is 0 Å². The van der Waals surface area contributed by atoms with Crippen molar-refractivity contribution in [2.45, 2.75) is 12.8 Å². The van der Waals surface area contributed by atoms with Crippen molar-refractivity contribution in [1.82, 2.24) is 10.2 Å². The molecule has 1 amide bonds. The molecule has 1 heterocycles. The first-order chi connectivity index (χ1) is 9.63. The topological polar surface area (TPSA) is 41.6 Å². The maximum Gasteiger partial charge on any atom is 0.227 e.